The lowest BCUT2D eigenvalue weighted by Gasteiger charge is -2.17. The van der Waals surface area contributed by atoms with Gasteiger partial charge in [0.05, 0.1) is 18.8 Å². The number of esters is 2. The highest BCUT2D eigenvalue weighted by molar-refractivity contribution is 6.29. The molecular weight excluding hydrogens is 324 g/mol. The van der Waals surface area contributed by atoms with E-state index < -0.39 is 23.9 Å². The maximum Gasteiger partial charge on any atom is 0.328 e. The van der Waals surface area contributed by atoms with Gasteiger partial charge in [0, 0.05) is 12.6 Å². The summed E-state index contributed by atoms with van der Waals surface area (Å²) in [7, 11) is 0. The van der Waals surface area contributed by atoms with Crippen LogP contribution in [-0.2, 0) is 19.1 Å². The van der Waals surface area contributed by atoms with Crippen LogP contribution >= 0.6 is 11.6 Å². The highest BCUT2D eigenvalue weighted by atomic mass is 35.5. The maximum atomic E-state index is 12.1. The van der Waals surface area contributed by atoms with E-state index in [1.165, 1.54) is 18.3 Å². The zero-order valence-corrected chi connectivity index (χ0v) is 13.8. The molecule has 0 aliphatic rings. The van der Waals surface area contributed by atoms with Gasteiger partial charge in [-0.15, -0.1) is 0 Å². The molecule has 0 bridgehead atoms. The summed E-state index contributed by atoms with van der Waals surface area (Å²) in [5.41, 5.74) is 0.250. The molecule has 1 amide bonds. The first kappa shape index (κ1) is 18.9. The van der Waals surface area contributed by atoms with Crippen molar-refractivity contribution in [3.05, 3.63) is 29.0 Å². The minimum absolute atomic E-state index is 0.00350. The predicted octanol–water partition coefficient (Wildman–Crippen LogP) is 1.74. The van der Waals surface area contributed by atoms with E-state index in [0.717, 1.165) is 0 Å². The molecule has 0 aromatic carbocycles. The Kier molecular flexibility index (Phi) is 8.04. The Bertz CT molecular complexity index is 547. The number of halogens is 1. The smallest absolute Gasteiger partial charge is 0.328 e. The second kappa shape index (κ2) is 9.78. The third-order valence-corrected chi connectivity index (χ3v) is 3.03. The molecule has 0 spiro atoms. The van der Waals surface area contributed by atoms with Gasteiger partial charge in [0.2, 0.25) is 0 Å². The number of carbonyl (C=O) groups excluding carboxylic acids is 3. The van der Waals surface area contributed by atoms with Gasteiger partial charge in [0.25, 0.3) is 5.91 Å². The summed E-state index contributed by atoms with van der Waals surface area (Å²) in [6, 6.07) is 2.01. The molecule has 7 nitrogen and oxygen atoms in total. The first-order chi connectivity index (χ1) is 11.0. The number of hydrogen-bond acceptors (Lipinski definition) is 6. The topological polar surface area (TPSA) is 94.6 Å². The lowest BCUT2D eigenvalue weighted by atomic mass is 10.1. The van der Waals surface area contributed by atoms with Gasteiger partial charge in [-0.05, 0) is 32.4 Å². The third-order valence-electron chi connectivity index (χ3n) is 2.81. The Balaban J connectivity index is 2.71. The first-order valence-electron chi connectivity index (χ1n) is 7.22. The van der Waals surface area contributed by atoms with E-state index in [1.54, 1.807) is 13.8 Å². The summed E-state index contributed by atoms with van der Waals surface area (Å²) >= 11 is 5.66. The zero-order valence-electron chi connectivity index (χ0n) is 13.0. The first-order valence-corrected chi connectivity index (χ1v) is 7.60. The van der Waals surface area contributed by atoms with Crippen LogP contribution in [-0.4, -0.2) is 42.1 Å². The lowest BCUT2D eigenvalue weighted by Crippen LogP contribution is -2.42. The standard InChI is InChI=1S/C15H19ClN2O5/c1-3-22-13(19)8-6-11(15(21)23-4-2)18-14(20)10-5-7-12(16)17-9-10/h5,7,9,11H,3-4,6,8H2,1-2H3,(H,18,20)/t11-/m1/s1. The number of carbonyl (C=O) groups is 3. The van der Waals surface area contributed by atoms with Gasteiger partial charge in [0.15, 0.2) is 0 Å². The molecular formula is C15H19ClN2O5. The molecule has 1 aromatic heterocycles. The maximum absolute atomic E-state index is 12.1. The number of nitrogens with one attached hydrogen (secondary N) is 1. The number of amides is 1. The van der Waals surface area contributed by atoms with E-state index in [2.05, 4.69) is 10.3 Å². The van der Waals surface area contributed by atoms with Crippen molar-refractivity contribution in [1.29, 1.82) is 0 Å². The summed E-state index contributed by atoms with van der Waals surface area (Å²) in [6.45, 7) is 3.78. The van der Waals surface area contributed by atoms with Crippen molar-refractivity contribution in [2.75, 3.05) is 13.2 Å². The van der Waals surface area contributed by atoms with Gasteiger partial charge >= 0.3 is 11.9 Å². The number of pyridine rings is 1. The van der Waals surface area contributed by atoms with E-state index in [9.17, 15) is 14.4 Å². The van der Waals surface area contributed by atoms with Crippen LogP contribution in [0.2, 0.25) is 5.15 Å². The Morgan fingerprint density at radius 2 is 1.91 bits per heavy atom. The summed E-state index contributed by atoms with van der Waals surface area (Å²) in [4.78, 5) is 39.2. The molecule has 0 saturated heterocycles. The Hall–Kier alpha value is -2.15. The minimum atomic E-state index is -0.942. The van der Waals surface area contributed by atoms with E-state index >= 15 is 0 Å². The van der Waals surface area contributed by atoms with Crippen molar-refractivity contribution in [2.24, 2.45) is 0 Å². The zero-order chi connectivity index (χ0) is 17.2. The molecule has 1 atom stereocenters. The number of ether oxygens (including phenoxy) is 2. The van der Waals surface area contributed by atoms with Gasteiger partial charge in [-0.25, -0.2) is 9.78 Å². The van der Waals surface area contributed by atoms with E-state index in [0.29, 0.717) is 0 Å². The summed E-state index contributed by atoms with van der Waals surface area (Å²) in [6.07, 6.45) is 1.38. The fourth-order valence-corrected chi connectivity index (χ4v) is 1.85. The summed E-state index contributed by atoms with van der Waals surface area (Å²) < 4.78 is 9.72. The number of rotatable bonds is 8. The normalized spacial score (nSPS) is 11.4. The predicted molar refractivity (Wildman–Crippen MR) is 83.0 cm³/mol. The monoisotopic (exact) mass is 342 g/mol. The number of aromatic nitrogens is 1. The molecule has 1 rings (SSSR count). The third kappa shape index (κ3) is 6.65. The quantitative estimate of drug-likeness (QED) is 0.571. The van der Waals surface area contributed by atoms with Crippen LogP contribution in [0.15, 0.2) is 18.3 Å². The van der Waals surface area contributed by atoms with Gasteiger partial charge in [0.1, 0.15) is 11.2 Å². The molecule has 1 aromatic rings. The average molecular weight is 343 g/mol. The van der Waals surface area contributed by atoms with Crippen LogP contribution < -0.4 is 5.32 Å². The number of nitrogens with zero attached hydrogens (tertiary/aromatic N) is 1. The molecule has 23 heavy (non-hydrogen) atoms. The van der Waals surface area contributed by atoms with E-state index in [4.69, 9.17) is 21.1 Å². The second-order valence-corrected chi connectivity index (χ2v) is 4.88. The van der Waals surface area contributed by atoms with E-state index in [1.807, 2.05) is 0 Å². The fourth-order valence-electron chi connectivity index (χ4n) is 1.74. The van der Waals surface area contributed by atoms with Crippen LogP contribution in [0.4, 0.5) is 0 Å². The summed E-state index contributed by atoms with van der Waals surface area (Å²) in [5.74, 6) is -1.55. The van der Waals surface area contributed by atoms with Crippen LogP contribution in [0, 0.1) is 0 Å². The second-order valence-electron chi connectivity index (χ2n) is 4.49. The van der Waals surface area contributed by atoms with Crippen molar-refractivity contribution < 1.29 is 23.9 Å². The van der Waals surface area contributed by atoms with Crippen molar-refractivity contribution in [3.8, 4) is 0 Å². The molecule has 1 heterocycles. The van der Waals surface area contributed by atoms with Crippen LogP contribution in [0.1, 0.15) is 37.0 Å². The van der Waals surface area contributed by atoms with Crippen LogP contribution in [0.25, 0.3) is 0 Å². The van der Waals surface area contributed by atoms with Crippen molar-refractivity contribution >= 4 is 29.4 Å². The Morgan fingerprint density at radius 1 is 1.22 bits per heavy atom. The lowest BCUT2D eigenvalue weighted by molar-refractivity contribution is -0.146. The molecule has 0 unspecified atom stereocenters. The van der Waals surface area contributed by atoms with Gasteiger partial charge in [-0.2, -0.15) is 0 Å². The van der Waals surface area contributed by atoms with Crippen LogP contribution in [0.5, 0.6) is 0 Å². The molecule has 0 radical (unpaired) electrons. The van der Waals surface area contributed by atoms with Crippen molar-refractivity contribution in [3.63, 3.8) is 0 Å². The number of hydrogen-bond donors (Lipinski definition) is 1. The van der Waals surface area contributed by atoms with Gasteiger partial charge in [-0.1, -0.05) is 11.6 Å². The average Bonchev–Trinajstić information content (AvgIpc) is 2.52. The minimum Gasteiger partial charge on any atom is -0.466 e. The van der Waals surface area contributed by atoms with Gasteiger partial charge in [-0.3, -0.25) is 9.59 Å². The van der Waals surface area contributed by atoms with Crippen molar-refractivity contribution in [2.45, 2.75) is 32.7 Å². The Labute approximate surface area is 139 Å². The fraction of sp³-hybridized carbons (Fsp3) is 0.467. The molecule has 0 aliphatic carbocycles. The van der Waals surface area contributed by atoms with Gasteiger partial charge < -0.3 is 14.8 Å². The largest absolute Gasteiger partial charge is 0.466 e. The molecule has 126 valence electrons. The molecule has 0 aliphatic heterocycles. The molecule has 0 saturated carbocycles. The SMILES string of the molecule is CCOC(=O)CC[C@@H](NC(=O)c1ccc(Cl)nc1)C(=O)OCC. The van der Waals surface area contributed by atoms with Crippen LogP contribution in [0.3, 0.4) is 0 Å². The van der Waals surface area contributed by atoms with Crippen molar-refractivity contribution in [1.82, 2.24) is 10.3 Å². The molecule has 1 N–H and O–H groups in total. The highest BCUT2D eigenvalue weighted by Gasteiger charge is 2.24. The Morgan fingerprint density at radius 3 is 2.48 bits per heavy atom. The van der Waals surface area contributed by atoms with E-state index in [-0.39, 0.29) is 36.8 Å². The molecule has 8 heteroatoms. The summed E-state index contributed by atoms with van der Waals surface area (Å²) in [5, 5.41) is 2.79. The highest BCUT2D eigenvalue weighted by Crippen LogP contribution is 2.07. The molecule has 0 fully saturated rings.